The number of carbonyl (C=O) groups is 1. The van der Waals surface area contributed by atoms with Gasteiger partial charge < -0.3 is 14.3 Å². The highest BCUT2D eigenvalue weighted by molar-refractivity contribution is 6.12. The van der Waals surface area contributed by atoms with Crippen LogP contribution in [0.1, 0.15) is 10.4 Å². The minimum Gasteiger partial charge on any atom is -0.497 e. The fraction of sp³-hybridized carbons (Fsp3) is 0.0455. The van der Waals surface area contributed by atoms with Crippen LogP contribution in [0.4, 0.5) is 0 Å². The van der Waals surface area contributed by atoms with E-state index in [1.165, 1.54) is 13.2 Å². The first-order chi connectivity index (χ1) is 12.7. The molecule has 0 atom stereocenters. The lowest BCUT2D eigenvalue weighted by atomic mass is 9.96. The van der Waals surface area contributed by atoms with Crippen LogP contribution >= 0.6 is 0 Å². The fourth-order valence-electron chi connectivity index (χ4n) is 3.16. The van der Waals surface area contributed by atoms with Crippen molar-refractivity contribution >= 4 is 16.9 Å². The van der Waals surface area contributed by atoms with Crippen molar-refractivity contribution < 1.29 is 19.1 Å². The second-order valence-electron chi connectivity index (χ2n) is 5.89. The molecule has 4 rings (SSSR count). The third-order valence-electron chi connectivity index (χ3n) is 4.33. The standard InChI is InChI=1S/C22H16O4/c1-25-16-12-17(22(23)24)20-18(13-16)26-21(15-10-6-3-7-11-15)19(20)14-8-4-2-5-9-14/h2-13H,1H3,(H,23,24). The van der Waals surface area contributed by atoms with E-state index in [2.05, 4.69) is 0 Å². The minimum absolute atomic E-state index is 0.157. The molecule has 1 N–H and O–H groups in total. The first-order valence-electron chi connectivity index (χ1n) is 8.17. The van der Waals surface area contributed by atoms with E-state index >= 15 is 0 Å². The van der Waals surface area contributed by atoms with Crippen molar-refractivity contribution in [1.29, 1.82) is 0 Å². The van der Waals surface area contributed by atoms with E-state index in [1.54, 1.807) is 6.07 Å². The number of carboxylic acid groups (broad SMARTS) is 1. The number of benzene rings is 3. The number of rotatable bonds is 4. The molecule has 3 aromatic carbocycles. The van der Waals surface area contributed by atoms with Crippen LogP contribution in [0.25, 0.3) is 33.4 Å². The van der Waals surface area contributed by atoms with Gasteiger partial charge in [0.25, 0.3) is 0 Å². The highest BCUT2D eigenvalue weighted by Crippen LogP contribution is 2.43. The Balaban J connectivity index is 2.14. The summed E-state index contributed by atoms with van der Waals surface area (Å²) in [5, 5.41) is 10.3. The Morgan fingerprint density at radius 3 is 2.12 bits per heavy atom. The van der Waals surface area contributed by atoms with Gasteiger partial charge in [-0.05, 0) is 11.6 Å². The number of hydrogen-bond acceptors (Lipinski definition) is 3. The number of ether oxygens (including phenoxy) is 1. The van der Waals surface area contributed by atoms with Crippen LogP contribution < -0.4 is 4.74 Å². The summed E-state index contributed by atoms with van der Waals surface area (Å²) in [5.74, 6) is 0.0666. The van der Waals surface area contributed by atoms with E-state index in [0.717, 1.165) is 16.7 Å². The zero-order chi connectivity index (χ0) is 18.1. The molecule has 0 spiro atoms. The maximum absolute atomic E-state index is 11.9. The van der Waals surface area contributed by atoms with Crippen molar-refractivity contribution in [3.05, 3.63) is 78.4 Å². The van der Waals surface area contributed by atoms with Crippen molar-refractivity contribution in [2.45, 2.75) is 0 Å². The second kappa shape index (κ2) is 6.41. The molecule has 0 aliphatic rings. The van der Waals surface area contributed by atoms with E-state index in [9.17, 15) is 9.90 Å². The van der Waals surface area contributed by atoms with Gasteiger partial charge in [-0.15, -0.1) is 0 Å². The molecule has 0 radical (unpaired) electrons. The summed E-state index contributed by atoms with van der Waals surface area (Å²) in [6, 6.07) is 22.6. The molecule has 0 saturated heterocycles. The zero-order valence-corrected chi connectivity index (χ0v) is 14.1. The molecule has 128 valence electrons. The number of methoxy groups -OCH3 is 1. The molecule has 0 saturated carbocycles. The molecule has 0 bridgehead atoms. The second-order valence-corrected chi connectivity index (χ2v) is 5.89. The number of aromatic carboxylic acids is 1. The maximum Gasteiger partial charge on any atom is 0.336 e. The molecule has 1 aromatic heterocycles. The molecule has 1 heterocycles. The average Bonchev–Trinajstić information content (AvgIpc) is 3.07. The van der Waals surface area contributed by atoms with Crippen molar-refractivity contribution in [3.63, 3.8) is 0 Å². The van der Waals surface area contributed by atoms with Crippen molar-refractivity contribution in [3.8, 4) is 28.2 Å². The van der Waals surface area contributed by atoms with Crippen LogP contribution in [0, 0.1) is 0 Å². The minimum atomic E-state index is -1.02. The number of furan rings is 1. The van der Waals surface area contributed by atoms with Gasteiger partial charge in [0, 0.05) is 22.6 Å². The van der Waals surface area contributed by atoms with Crippen LogP contribution in [0.3, 0.4) is 0 Å². The summed E-state index contributed by atoms with van der Waals surface area (Å²) in [4.78, 5) is 11.9. The summed E-state index contributed by atoms with van der Waals surface area (Å²) in [7, 11) is 1.51. The molecule has 0 aliphatic carbocycles. The predicted octanol–water partition coefficient (Wildman–Crippen LogP) is 5.47. The predicted molar refractivity (Wildman–Crippen MR) is 101 cm³/mol. The van der Waals surface area contributed by atoms with Gasteiger partial charge in [0.1, 0.15) is 17.1 Å². The van der Waals surface area contributed by atoms with Crippen LogP contribution in [-0.4, -0.2) is 18.2 Å². The summed E-state index contributed by atoms with van der Waals surface area (Å²) in [5.41, 5.74) is 3.20. The third-order valence-corrected chi connectivity index (χ3v) is 4.33. The molecule has 0 unspecified atom stereocenters. The first-order valence-corrected chi connectivity index (χ1v) is 8.17. The Labute approximate surface area is 150 Å². The lowest BCUT2D eigenvalue weighted by Gasteiger charge is -2.06. The van der Waals surface area contributed by atoms with Gasteiger partial charge in [0.15, 0.2) is 0 Å². The summed E-state index contributed by atoms with van der Waals surface area (Å²) in [6.07, 6.45) is 0. The Morgan fingerprint density at radius 1 is 0.923 bits per heavy atom. The Hall–Kier alpha value is -3.53. The first kappa shape index (κ1) is 16.0. The monoisotopic (exact) mass is 344 g/mol. The smallest absolute Gasteiger partial charge is 0.336 e. The lowest BCUT2D eigenvalue weighted by molar-refractivity contribution is 0.0698. The van der Waals surface area contributed by atoms with Gasteiger partial charge >= 0.3 is 5.97 Å². The van der Waals surface area contributed by atoms with Crippen molar-refractivity contribution in [2.24, 2.45) is 0 Å². The fourth-order valence-corrected chi connectivity index (χ4v) is 3.16. The topological polar surface area (TPSA) is 59.7 Å². The summed E-state index contributed by atoms with van der Waals surface area (Å²) < 4.78 is 11.4. The number of fused-ring (bicyclic) bond motifs is 1. The molecule has 4 nitrogen and oxygen atoms in total. The van der Waals surface area contributed by atoms with Gasteiger partial charge in [-0.1, -0.05) is 60.7 Å². The average molecular weight is 344 g/mol. The largest absolute Gasteiger partial charge is 0.497 e. The lowest BCUT2D eigenvalue weighted by Crippen LogP contribution is -1.98. The van der Waals surface area contributed by atoms with Gasteiger partial charge in [-0.3, -0.25) is 0 Å². The number of hydrogen-bond donors (Lipinski definition) is 1. The van der Waals surface area contributed by atoms with Crippen LogP contribution in [-0.2, 0) is 0 Å². The van der Waals surface area contributed by atoms with Crippen molar-refractivity contribution in [1.82, 2.24) is 0 Å². The van der Waals surface area contributed by atoms with Crippen LogP contribution in [0.5, 0.6) is 5.75 Å². The molecule has 0 amide bonds. The Morgan fingerprint density at radius 2 is 1.54 bits per heavy atom. The third kappa shape index (κ3) is 2.62. The summed E-state index contributed by atoms with van der Waals surface area (Å²) >= 11 is 0. The van der Waals surface area contributed by atoms with Crippen molar-refractivity contribution in [2.75, 3.05) is 7.11 Å². The quantitative estimate of drug-likeness (QED) is 0.533. The molecule has 0 aliphatic heterocycles. The Bertz CT molecular complexity index is 1080. The van der Waals surface area contributed by atoms with E-state index in [0.29, 0.717) is 22.5 Å². The van der Waals surface area contributed by atoms with Crippen LogP contribution in [0.15, 0.2) is 77.2 Å². The van der Waals surface area contributed by atoms with Crippen LogP contribution in [0.2, 0.25) is 0 Å². The number of carboxylic acids is 1. The molecule has 4 heteroatoms. The Kier molecular flexibility index (Phi) is 3.93. The van der Waals surface area contributed by atoms with E-state index < -0.39 is 5.97 Å². The van der Waals surface area contributed by atoms with Gasteiger partial charge in [0.2, 0.25) is 0 Å². The van der Waals surface area contributed by atoms with Gasteiger partial charge in [-0.2, -0.15) is 0 Å². The molecular formula is C22H16O4. The van der Waals surface area contributed by atoms with E-state index in [4.69, 9.17) is 9.15 Å². The maximum atomic E-state index is 11.9. The normalized spacial score (nSPS) is 10.8. The summed E-state index contributed by atoms with van der Waals surface area (Å²) in [6.45, 7) is 0. The molecule has 0 fully saturated rings. The van der Waals surface area contributed by atoms with Gasteiger partial charge in [0.05, 0.1) is 12.7 Å². The van der Waals surface area contributed by atoms with E-state index in [1.807, 2.05) is 60.7 Å². The van der Waals surface area contributed by atoms with Gasteiger partial charge in [-0.25, -0.2) is 4.79 Å². The molecule has 4 aromatic rings. The molecule has 26 heavy (non-hydrogen) atoms. The highest BCUT2D eigenvalue weighted by atomic mass is 16.5. The van der Waals surface area contributed by atoms with E-state index in [-0.39, 0.29) is 5.56 Å². The molecular weight excluding hydrogens is 328 g/mol. The zero-order valence-electron chi connectivity index (χ0n) is 14.1. The SMILES string of the molecule is COc1cc(C(=O)O)c2c(-c3ccccc3)c(-c3ccccc3)oc2c1. The highest BCUT2D eigenvalue weighted by Gasteiger charge is 2.23.